The van der Waals surface area contributed by atoms with Gasteiger partial charge in [-0.2, -0.15) is 0 Å². The molecule has 0 aromatic rings. The molecule has 3 aliphatic heterocycles. The Morgan fingerprint density at radius 2 is 1.12 bits per heavy atom. The lowest BCUT2D eigenvalue weighted by Crippen LogP contribution is -2.59. The zero-order valence-electron chi connectivity index (χ0n) is 5.40. The van der Waals surface area contributed by atoms with Crippen LogP contribution in [0.5, 0.6) is 0 Å². The van der Waals surface area contributed by atoms with E-state index >= 15 is 0 Å². The molecule has 3 fully saturated rings. The van der Waals surface area contributed by atoms with Gasteiger partial charge < -0.3 is 0 Å². The van der Waals surface area contributed by atoms with Gasteiger partial charge in [-0.3, -0.25) is 0 Å². The molecule has 0 aliphatic carbocycles. The van der Waals surface area contributed by atoms with Crippen molar-refractivity contribution < 1.29 is 0 Å². The molecule has 3 heterocycles. The summed E-state index contributed by atoms with van der Waals surface area (Å²) < 4.78 is 0. The topological polar surface area (TPSA) is 0 Å². The molecule has 8 heavy (non-hydrogen) atoms. The molecule has 3 saturated heterocycles. The van der Waals surface area contributed by atoms with Crippen molar-refractivity contribution in [3.05, 3.63) is 0 Å². The molecule has 0 amide bonds. The van der Waals surface area contributed by atoms with Crippen LogP contribution in [0.25, 0.3) is 0 Å². The highest BCUT2D eigenvalue weighted by Gasteiger charge is 2.29. The van der Waals surface area contributed by atoms with Crippen LogP contribution in [0.1, 0.15) is 0 Å². The zero-order valence-corrected chi connectivity index (χ0v) is 13.4. The molecule has 2 bridgehead atoms. The maximum Gasteiger partial charge on any atom is 0.00595 e. The first-order valence-electron chi connectivity index (χ1n) is 3.95. The summed E-state index contributed by atoms with van der Waals surface area (Å²) >= 11 is 0. The van der Waals surface area contributed by atoms with Gasteiger partial charge in [0.1, 0.15) is 0 Å². The fraction of sp³-hybridized carbons (Fsp3) is 1.00. The van der Waals surface area contributed by atoms with Crippen LogP contribution >= 0.6 is 0 Å². The highest BCUT2D eigenvalue weighted by molar-refractivity contribution is 7.84. The molecule has 0 aromatic heterocycles. The first-order valence-corrected chi connectivity index (χ1v) is 26.6. The number of hydrogen-bond donors (Lipinski definition) is 0. The van der Waals surface area contributed by atoms with Crippen LogP contribution in [0, 0.1) is 0 Å². The Morgan fingerprint density at radius 3 is 1.25 bits per heavy atom. The summed E-state index contributed by atoms with van der Waals surface area (Å²) in [6.07, 6.45) is 0. The minimum absolute atomic E-state index is 0.397. The maximum absolute atomic E-state index is 1.95. The number of hydrogen-bond acceptors (Lipinski definition) is 0. The molecular weight excluding hydrogens is 193 g/mol. The normalized spacial score (nSPS) is 57.0. The van der Waals surface area contributed by atoms with Crippen LogP contribution in [-0.4, -0.2) is 49.9 Å². The first kappa shape index (κ1) is 6.04. The van der Waals surface area contributed by atoms with Crippen LogP contribution in [0.4, 0.5) is 0 Å². The molecule has 0 radical (unpaired) electrons. The quantitative estimate of drug-likeness (QED) is 0.354. The molecule has 46 valence electrons. The minimum Gasteiger partial charge on any atom is -0.0681 e. The first-order chi connectivity index (χ1) is 3.95. The number of fused-ring (bicyclic) bond motifs is 3. The molecule has 0 unspecified atom stereocenters. The van der Waals surface area contributed by atoms with Crippen molar-refractivity contribution in [1.29, 1.82) is 0 Å². The Bertz CT molecular complexity index is 61.5. The molecule has 6 heteroatoms. The SMILES string of the molecule is C1C[SiH]2[SiH2][SiH2][SiH]1[SiH2][SiH2]2. The van der Waals surface area contributed by atoms with Crippen LogP contribution in [-0.2, 0) is 0 Å². The average Bonchev–Trinajstić information content (AvgIpc) is 1.92. The summed E-state index contributed by atoms with van der Waals surface area (Å²) in [5, 5.41) is 0. The molecule has 0 nitrogen and oxygen atoms in total. The van der Waals surface area contributed by atoms with E-state index in [1.54, 1.807) is 0 Å². The molecule has 0 atom stereocenters. The lowest BCUT2D eigenvalue weighted by Gasteiger charge is -2.32. The van der Waals surface area contributed by atoms with Crippen LogP contribution in [0.2, 0.25) is 12.1 Å². The van der Waals surface area contributed by atoms with Gasteiger partial charge in [0.2, 0.25) is 0 Å². The maximum atomic E-state index is 1.95. The van der Waals surface area contributed by atoms with Crippen molar-refractivity contribution in [3.8, 4) is 0 Å². The lowest BCUT2D eigenvalue weighted by atomic mass is 11.0. The summed E-state index contributed by atoms with van der Waals surface area (Å²) in [6.45, 7) is 0. The van der Waals surface area contributed by atoms with Gasteiger partial charge in [-0.15, -0.1) is 0 Å². The van der Waals surface area contributed by atoms with Gasteiger partial charge in [0, 0.05) is 15.7 Å². The standard InChI is InChI=1S/C2H14Si6/c1-2-8-5-3-7(1)4-6-8/h7-8H,1-6H2. The predicted molar refractivity (Wildman–Crippen MR) is 58.1 cm³/mol. The van der Waals surface area contributed by atoms with Crippen LogP contribution in [0.15, 0.2) is 0 Å². The van der Waals surface area contributed by atoms with E-state index in [1.165, 1.54) is 0 Å². The molecular formula is C2H14Si6. The lowest BCUT2D eigenvalue weighted by molar-refractivity contribution is 1.43. The summed E-state index contributed by atoms with van der Waals surface area (Å²) in [6, 6.07) is 3.91. The van der Waals surface area contributed by atoms with E-state index in [0.717, 1.165) is 34.2 Å². The van der Waals surface area contributed by atoms with Crippen molar-refractivity contribution >= 4 is 49.9 Å². The second-order valence-electron chi connectivity index (χ2n) is 3.46. The smallest absolute Gasteiger partial charge is 0.00595 e. The third-order valence-electron chi connectivity index (χ3n) is 2.95. The van der Waals surface area contributed by atoms with Crippen LogP contribution < -0.4 is 0 Å². The van der Waals surface area contributed by atoms with E-state index in [9.17, 15) is 0 Å². The zero-order chi connectivity index (χ0) is 5.40. The monoisotopic (exact) mass is 206 g/mol. The van der Waals surface area contributed by atoms with Gasteiger partial charge in [-0.1, -0.05) is 12.1 Å². The van der Waals surface area contributed by atoms with E-state index < -0.39 is 0 Å². The van der Waals surface area contributed by atoms with Gasteiger partial charge >= 0.3 is 0 Å². The molecule has 0 aromatic carbocycles. The molecule has 0 saturated carbocycles. The largest absolute Gasteiger partial charge is 0.0681 e. The summed E-state index contributed by atoms with van der Waals surface area (Å²) in [7, 11) is 4.43. The Balaban J connectivity index is 2.03. The fourth-order valence-corrected chi connectivity index (χ4v) is 251. The van der Waals surface area contributed by atoms with Crippen molar-refractivity contribution in [2.45, 2.75) is 12.1 Å². The highest BCUT2D eigenvalue weighted by atomic mass is 30.1. The van der Waals surface area contributed by atoms with E-state index in [2.05, 4.69) is 0 Å². The van der Waals surface area contributed by atoms with E-state index in [-0.39, 0.29) is 0 Å². The number of rotatable bonds is 0. The molecule has 3 rings (SSSR count). The molecule has 0 N–H and O–H groups in total. The molecule has 3 aliphatic rings. The van der Waals surface area contributed by atoms with Gasteiger partial charge in [0.25, 0.3) is 0 Å². The summed E-state index contributed by atoms with van der Waals surface area (Å²) in [5.74, 6) is 0. The van der Waals surface area contributed by atoms with Gasteiger partial charge in [-0.05, 0) is 34.2 Å². The second kappa shape index (κ2) is 2.50. The third-order valence-corrected chi connectivity index (χ3v) is 124. The van der Waals surface area contributed by atoms with E-state index in [0.29, 0.717) is 15.7 Å². The Labute approximate surface area is 62.1 Å². The van der Waals surface area contributed by atoms with Gasteiger partial charge in [0.05, 0.1) is 0 Å². The van der Waals surface area contributed by atoms with Crippen molar-refractivity contribution in [1.82, 2.24) is 0 Å². The Kier molecular flexibility index (Phi) is 1.89. The third kappa shape index (κ3) is 1.09. The van der Waals surface area contributed by atoms with Gasteiger partial charge in [-0.25, -0.2) is 0 Å². The fourth-order valence-electron chi connectivity index (χ4n) is 2.28. The van der Waals surface area contributed by atoms with Crippen molar-refractivity contribution in [2.24, 2.45) is 0 Å². The van der Waals surface area contributed by atoms with Crippen molar-refractivity contribution in [2.75, 3.05) is 0 Å². The van der Waals surface area contributed by atoms with Gasteiger partial charge in [0.15, 0.2) is 0 Å². The van der Waals surface area contributed by atoms with Crippen LogP contribution in [0.3, 0.4) is 0 Å². The summed E-state index contributed by atoms with van der Waals surface area (Å²) in [4.78, 5) is 0. The average molecular weight is 207 g/mol. The summed E-state index contributed by atoms with van der Waals surface area (Å²) in [5.41, 5.74) is 0. The Morgan fingerprint density at radius 1 is 0.750 bits per heavy atom. The Hall–Kier alpha value is 1.30. The minimum atomic E-state index is 0.397. The van der Waals surface area contributed by atoms with E-state index in [4.69, 9.17) is 0 Å². The second-order valence-corrected chi connectivity index (χ2v) is 58.9. The predicted octanol–water partition coefficient (Wildman–Crippen LogP) is -4.04. The van der Waals surface area contributed by atoms with Crippen molar-refractivity contribution in [3.63, 3.8) is 0 Å². The molecule has 0 spiro atoms. The van der Waals surface area contributed by atoms with E-state index in [1.807, 2.05) is 12.1 Å². The highest BCUT2D eigenvalue weighted by Crippen LogP contribution is 2.10.